The highest BCUT2D eigenvalue weighted by atomic mass is 32.2. The topological polar surface area (TPSA) is 55.8 Å². The van der Waals surface area contributed by atoms with Crippen LogP contribution in [-0.2, 0) is 14.3 Å². The Morgan fingerprint density at radius 2 is 2.00 bits per heavy atom. The maximum Gasteiger partial charge on any atom is 0.194 e. The minimum atomic E-state index is -0.423. The van der Waals surface area contributed by atoms with Crippen LogP contribution in [-0.4, -0.2) is 42.1 Å². The number of carbonyl (C=O) groups is 1. The Hall–Kier alpha value is -0.100. The van der Waals surface area contributed by atoms with E-state index < -0.39 is 6.29 Å². The second-order valence-electron chi connectivity index (χ2n) is 4.33. The normalized spacial score (nSPS) is 13.8. The molecule has 16 heavy (non-hydrogen) atoms. The summed E-state index contributed by atoms with van der Waals surface area (Å²) in [6.07, 6.45) is -0.423. The smallest absolute Gasteiger partial charge is 0.194 e. The highest BCUT2D eigenvalue weighted by Crippen LogP contribution is 2.23. The van der Waals surface area contributed by atoms with Gasteiger partial charge in [-0.3, -0.25) is 4.79 Å². The maximum absolute atomic E-state index is 11.6. The van der Waals surface area contributed by atoms with E-state index in [1.807, 2.05) is 27.7 Å². The van der Waals surface area contributed by atoms with E-state index in [9.17, 15) is 4.79 Å². The third kappa shape index (κ3) is 7.22. The molecule has 1 unspecified atom stereocenters. The van der Waals surface area contributed by atoms with Gasteiger partial charge >= 0.3 is 0 Å². The van der Waals surface area contributed by atoms with E-state index >= 15 is 0 Å². The SMILES string of the molecule is CCOC(CSC(=O)C(C)(C)C)OCCO. The van der Waals surface area contributed by atoms with E-state index in [1.165, 1.54) is 11.8 Å². The third-order valence-electron chi connectivity index (χ3n) is 1.71. The first-order chi connectivity index (χ1) is 7.41. The van der Waals surface area contributed by atoms with Crippen molar-refractivity contribution >= 4 is 16.9 Å². The summed E-state index contributed by atoms with van der Waals surface area (Å²) in [5, 5.41) is 8.75. The van der Waals surface area contributed by atoms with Crippen molar-refractivity contribution in [3.63, 3.8) is 0 Å². The molecule has 0 radical (unpaired) electrons. The van der Waals surface area contributed by atoms with E-state index in [0.717, 1.165) is 0 Å². The second-order valence-corrected chi connectivity index (χ2v) is 5.32. The molecule has 0 aliphatic carbocycles. The largest absolute Gasteiger partial charge is 0.394 e. The fraction of sp³-hybridized carbons (Fsp3) is 0.909. The molecule has 5 heteroatoms. The molecule has 0 bridgehead atoms. The van der Waals surface area contributed by atoms with Crippen molar-refractivity contribution in [1.29, 1.82) is 0 Å². The molecule has 4 nitrogen and oxygen atoms in total. The predicted molar refractivity (Wildman–Crippen MR) is 65.4 cm³/mol. The van der Waals surface area contributed by atoms with Crippen LogP contribution in [0.2, 0.25) is 0 Å². The number of aliphatic hydroxyl groups excluding tert-OH is 1. The van der Waals surface area contributed by atoms with Gasteiger partial charge in [0.15, 0.2) is 11.4 Å². The average Bonchev–Trinajstić information content (AvgIpc) is 2.20. The summed E-state index contributed by atoms with van der Waals surface area (Å²) in [5.41, 5.74) is -0.349. The molecule has 0 amide bonds. The summed E-state index contributed by atoms with van der Waals surface area (Å²) in [4.78, 5) is 11.6. The van der Waals surface area contributed by atoms with Crippen LogP contribution in [0.25, 0.3) is 0 Å². The maximum atomic E-state index is 11.6. The molecule has 0 aromatic carbocycles. The van der Waals surface area contributed by atoms with Crippen molar-refractivity contribution < 1.29 is 19.4 Å². The fourth-order valence-corrected chi connectivity index (χ4v) is 1.79. The molecule has 96 valence electrons. The summed E-state index contributed by atoms with van der Waals surface area (Å²) < 4.78 is 10.6. The van der Waals surface area contributed by atoms with Gasteiger partial charge in [0.2, 0.25) is 0 Å². The number of ether oxygens (including phenoxy) is 2. The lowest BCUT2D eigenvalue weighted by atomic mass is 10.00. The second kappa shape index (κ2) is 8.06. The van der Waals surface area contributed by atoms with Crippen molar-refractivity contribution in [2.75, 3.05) is 25.6 Å². The third-order valence-corrected chi connectivity index (χ3v) is 3.02. The molecule has 0 aromatic heterocycles. The van der Waals surface area contributed by atoms with E-state index in [4.69, 9.17) is 14.6 Å². The number of aliphatic hydroxyl groups is 1. The Bertz CT molecular complexity index is 201. The number of hydrogen-bond donors (Lipinski definition) is 1. The van der Waals surface area contributed by atoms with Crippen molar-refractivity contribution in [2.45, 2.75) is 34.0 Å². The zero-order valence-corrected chi connectivity index (χ0v) is 11.3. The molecule has 0 heterocycles. The first-order valence-corrected chi connectivity index (χ1v) is 6.41. The van der Waals surface area contributed by atoms with Gasteiger partial charge in [-0.15, -0.1) is 0 Å². The van der Waals surface area contributed by atoms with Gasteiger partial charge in [0.05, 0.1) is 19.0 Å². The zero-order valence-electron chi connectivity index (χ0n) is 10.5. The van der Waals surface area contributed by atoms with Crippen LogP contribution >= 0.6 is 11.8 Å². The highest BCUT2D eigenvalue weighted by molar-refractivity contribution is 8.13. The van der Waals surface area contributed by atoms with Gasteiger partial charge in [0.25, 0.3) is 0 Å². The van der Waals surface area contributed by atoms with Crippen molar-refractivity contribution in [2.24, 2.45) is 5.41 Å². The number of hydrogen-bond acceptors (Lipinski definition) is 5. The first kappa shape index (κ1) is 15.9. The van der Waals surface area contributed by atoms with Gasteiger partial charge < -0.3 is 14.6 Å². The van der Waals surface area contributed by atoms with Gasteiger partial charge in [0, 0.05) is 12.0 Å². The molecule has 1 N–H and O–H groups in total. The number of thioether (sulfide) groups is 1. The van der Waals surface area contributed by atoms with Crippen LogP contribution in [0.15, 0.2) is 0 Å². The lowest BCUT2D eigenvalue weighted by Crippen LogP contribution is -2.25. The van der Waals surface area contributed by atoms with E-state index in [2.05, 4.69) is 0 Å². The first-order valence-electron chi connectivity index (χ1n) is 5.43. The van der Waals surface area contributed by atoms with Gasteiger partial charge in [-0.25, -0.2) is 0 Å². The van der Waals surface area contributed by atoms with Crippen LogP contribution in [0, 0.1) is 5.41 Å². The van der Waals surface area contributed by atoms with Gasteiger partial charge in [-0.05, 0) is 6.92 Å². The minimum absolute atomic E-state index is 0.0402. The zero-order chi connectivity index (χ0) is 12.6. The fourth-order valence-electron chi connectivity index (χ4n) is 0.875. The molecular weight excluding hydrogens is 228 g/mol. The van der Waals surface area contributed by atoms with E-state index in [0.29, 0.717) is 12.4 Å². The summed E-state index contributed by atoms with van der Waals surface area (Å²) in [6.45, 7) is 8.23. The standard InChI is InChI=1S/C11H22O4S/c1-5-14-9(15-7-6-12)8-16-10(13)11(2,3)4/h9,12H,5-8H2,1-4H3. The average molecular weight is 250 g/mol. The Morgan fingerprint density at radius 3 is 2.44 bits per heavy atom. The molecule has 0 saturated heterocycles. The van der Waals surface area contributed by atoms with Crippen LogP contribution in [0.5, 0.6) is 0 Å². The monoisotopic (exact) mass is 250 g/mol. The lowest BCUT2D eigenvalue weighted by molar-refractivity contribution is -0.130. The van der Waals surface area contributed by atoms with Crippen molar-refractivity contribution in [1.82, 2.24) is 0 Å². The van der Waals surface area contributed by atoms with Crippen LogP contribution in [0.4, 0.5) is 0 Å². The van der Waals surface area contributed by atoms with Crippen LogP contribution in [0.3, 0.4) is 0 Å². The molecule has 0 aliphatic heterocycles. The molecular formula is C11H22O4S. The quantitative estimate of drug-likeness (QED) is 0.696. The van der Waals surface area contributed by atoms with Crippen LogP contribution < -0.4 is 0 Å². The molecule has 0 aromatic rings. The Balaban J connectivity index is 3.96. The van der Waals surface area contributed by atoms with Gasteiger partial charge in [-0.1, -0.05) is 32.5 Å². The molecule has 0 spiro atoms. The predicted octanol–water partition coefficient (Wildman–Crippen LogP) is 1.66. The van der Waals surface area contributed by atoms with Crippen molar-refractivity contribution in [3.05, 3.63) is 0 Å². The summed E-state index contributed by atoms with van der Waals surface area (Å²) in [5.74, 6) is 0.462. The summed E-state index contributed by atoms with van der Waals surface area (Å²) in [6, 6.07) is 0. The molecule has 1 atom stereocenters. The summed E-state index contributed by atoms with van der Waals surface area (Å²) in [7, 11) is 0. The van der Waals surface area contributed by atoms with Crippen molar-refractivity contribution in [3.8, 4) is 0 Å². The Labute approximate surface area is 102 Å². The lowest BCUT2D eigenvalue weighted by Gasteiger charge is -2.19. The Morgan fingerprint density at radius 1 is 1.38 bits per heavy atom. The highest BCUT2D eigenvalue weighted by Gasteiger charge is 2.23. The molecule has 0 aliphatic rings. The molecule has 0 rings (SSSR count). The van der Waals surface area contributed by atoms with Crippen LogP contribution in [0.1, 0.15) is 27.7 Å². The van der Waals surface area contributed by atoms with E-state index in [-0.39, 0.29) is 23.7 Å². The van der Waals surface area contributed by atoms with E-state index in [1.54, 1.807) is 0 Å². The number of rotatable bonds is 7. The molecule has 0 fully saturated rings. The molecule has 0 saturated carbocycles. The minimum Gasteiger partial charge on any atom is -0.394 e. The van der Waals surface area contributed by atoms with Gasteiger partial charge in [0.1, 0.15) is 0 Å². The van der Waals surface area contributed by atoms with Gasteiger partial charge in [-0.2, -0.15) is 0 Å². The summed E-state index contributed by atoms with van der Waals surface area (Å²) >= 11 is 1.21. The Kier molecular flexibility index (Phi) is 8.01. The number of carbonyl (C=O) groups excluding carboxylic acids is 1.